The summed E-state index contributed by atoms with van der Waals surface area (Å²) < 4.78 is 59.8. The van der Waals surface area contributed by atoms with Crippen LogP contribution in [0.3, 0.4) is 0 Å². The standard InChI is InChI=1S/C4H3F5S/c5-2-4(8,9)3(6,7)1-10-2/h2H,1H2. The molecule has 1 rings (SSSR count). The predicted octanol–water partition coefficient (Wildman–Crippen LogP) is 2.30. The number of thioether (sulfide) groups is 1. The number of halogens is 5. The van der Waals surface area contributed by atoms with Gasteiger partial charge in [0, 0.05) is 0 Å². The zero-order chi connectivity index (χ0) is 7.99. The average molecular weight is 178 g/mol. The summed E-state index contributed by atoms with van der Waals surface area (Å²) in [6.07, 6.45) is 0. The lowest BCUT2D eigenvalue weighted by Crippen LogP contribution is -2.41. The highest BCUT2D eigenvalue weighted by molar-refractivity contribution is 8.00. The molecule has 0 radical (unpaired) electrons. The molecule has 0 N–H and O–H groups in total. The van der Waals surface area contributed by atoms with Crippen LogP contribution in [0.25, 0.3) is 0 Å². The highest BCUT2D eigenvalue weighted by Crippen LogP contribution is 2.50. The molecule has 1 aliphatic heterocycles. The molecule has 1 heterocycles. The molecule has 0 aromatic heterocycles. The topological polar surface area (TPSA) is 0 Å². The summed E-state index contributed by atoms with van der Waals surface area (Å²) in [5.74, 6) is -9.81. The van der Waals surface area contributed by atoms with Gasteiger partial charge in [-0.05, 0) is 0 Å². The van der Waals surface area contributed by atoms with Crippen molar-refractivity contribution >= 4 is 11.8 Å². The van der Waals surface area contributed by atoms with E-state index in [1.807, 2.05) is 0 Å². The van der Waals surface area contributed by atoms with E-state index >= 15 is 0 Å². The van der Waals surface area contributed by atoms with Gasteiger partial charge >= 0.3 is 11.8 Å². The maximum atomic E-state index is 12.0. The first-order chi connectivity index (χ1) is 4.38. The number of hydrogen-bond donors (Lipinski definition) is 0. The Kier molecular flexibility index (Phi) is 1.61. The first kappa shape index (κ1) is 8.10. The third-order valence-electron chi connectivity index (χ3n) is 1.18. The molecule has 6 heteroatoms. The lowest BCUT2D eigenvalue weighted by Gasteiger charge is -2.17. The summed E-state index contributed by atoms with van der Waals surface area (Å²) in [5, 5.41) is 0. The second-order valence-electron chi connectivity index (χ2n) is 1.95. The molecule has 0 saturated carbocycles. The minimum absolute atomic E-state index is 0.0556. The van der Waals surface area contributed by atoms with Gasteiger partial charge in [0.25, 0.3) is 0 Å². The van der Waals surface area contributed by atoms with Crippen LogP contribution in [0.5, 0.6) is 0 Å². The molecular formula is C4H3F5S. The van der Waals surface area contributed by atoms with E-state index in [2.05, 4.69) is 0 Å². The Balaban J connectivity index is 2.84. The molecule has 0 spiro atoms. The summed E-state index contributed by atoms with van der Waals surface area (Å²) in [7, 11) is 0. The quantitative estimate of drug-likeness (QED) is 0.513. The fourth-order valence-corrected chi connectivity index (χ4v) is 1.47. The molecule has 0 bridgehead atoms. The molecule has 0 aromatic carbocycles. The molecule has 1 saturated heterocycles. The molecule has 10 heavy (non-hydrogen) atoms. The SMILES string of the molecule is FC1SCC(F)(F)C1(F)F. The molecule has 0 nitrogen and oxygen atoms in total. The minimum atomic E-state index is -4.49. The molecule has 0 aliphatic carbocycles. The van der Waals surface area contributed by atoms with Crippen LogP contribution in [-0.4, -0.2) is 23.1 Å². The van der Waals surface area contributed by atoms with Gasteiger partial charge in [-0.1, -0.05) is 0 Å². The van der Waals surface area contributed by atoms with Crippen molar-refractivity contribution in [3.63, 3.8) is 0 Å². The van der Waals surface area contributed by atoms with Gasteiger partial charge in [-0.3, -0.25) is 0 Å². The third kappa shape index (κ3) is 0.889. The molecule has 0 aromatic rings. The van der Waals surface area contributed by atoms with E-state index in [1.165, 1.54) is 0 Å². The van der Waals surface area contributed by atoms with E-state index in [-0.39, 0.29) is 11.8 Å². The Bertz CT molecular complexity index is 145. The van der Waals surface area contributed by atoms with E-state index in [9.17, 15) is 22.0 Å². The molecule has 60 valence electrons. The van der Waals surface area contributed by atoms with Crippen molar-refractivity contribution in [1.29, 1.82) is 0 Å². The molecule has 1 fully saturated rings. The Morgan fingerprint density at radius 1 is 1.20 bits per heavy atom. The van der Waals surface area contributed by atoms with Crippen LogP contribution in [0.4, 0.5) is 22.0 Å². The lowest BCUT2D eigenvalue weighted by molar-refractivity contribution is -0.200. The summed E-state index contributed by atoms with van der Waals surface area (Å²) in [5.41, 5.74) is -2.76. The van der Waals surface area contributed by atoms with Crippen molar-refractivity contribution in [2.45, 2.75) is 17.3 Å². The Morgan fingerprint density at radius 3 is 1.80 bits per heavy atom. The average Bonchev–Trinajstić information content (AvgIpc) is 1.94. The number of hydrogen-bond acceptors (Lipinski definition) is 1. The normalized spacial score (nSPS) is 36.3. The summed E-state index contributed by atoms with van der Waals surface area (Å²) in [6, 6.07) is 0. The van der Waals surface area contributed by atoms with Crippen LogP contribution in [0.2, 0.25) is 0 Å². The Labute approximate surface area is 57.8 Å². The van der Waals surface area contributed by atoms with Crippen LogP contribution in [0, 0.1) is 0 Å². The second-order valence-corrected chi connectivity index (χ2v) is 2.99. The molecule has 1 unspecified atom stereocenters. The zero-order valence-corrected chi connectivity index (χ0v) is 5.40. The first-order valence-electron chi connectivity index (χ1n) is 2.39. The van der Waals surface area contributed by atoms with Crippen molar-refractivity contribution in [3.8, 4) is 0 Å². The number of rotatable bonds is 0. The summed E-state index contributed by atoms with van der Waals surface area (Å²) in [4.78, 5) is 0. The van der Waals surface area contributed by atoms with Crippen molar-refractivity contribution in [2.75, 3.05) is 5.75 Å². The molecule has 1 aliphatic rings. The van der Waals surface area contributed by atoms with Gasteiger partial charge in [0.2, 0.25) is 5.50 Å². The van der Waals surface area contributed by atoms with E-state index < -0.39 is 23.1 Å². The monoisotopic (exact) mass is 178 g/mol. The van der Waals surface area contributed by atoms with Crippen LogP contribution in [0.1, 0.15) is 0 Å². The van der Waals surface area contributed by atoms with Gasteiger partial charge in [0.1, 0.15) is 0 Å². The van der Waals surface area contributed by atoms with E-state index in [0.29, 0.717) is 0 Å². The molecular weight excluding hydrogens is 175 g/mol. The van der Waals surface area contributed by atoms with E-state index in [1.54, 1.807) is 0 Å². The summed E-state index contributed by atoms with van der Waals surface area (Å²) in [6.45, 7) is 0. The Morgan fingerprint density at radius 2 is 1.70 bits per heavy atom. The second kappa shape index (κ2) is 1.99. The van der Waals surface area contributed by atoms with Gasteiger partial charge in [-0.15, -0.1) is 11.8 Å². The van der Waals surface area contributed by atoms with Crippen molar-refractivity contribution < 1.29 is 22.0 Å². The highest BCUT2D eigenvalue weighted by atomic mass is 32.2. The van der Waals surface area contributed by atoms with Crippen LogP contribution >= 0.6 is 11.8 Å². The smallest absolute Gasteiger partial charge is 0.229 e. The van der Waals surface area contributed by atoms with E-state index in [4.69, 9.17) is 0 Å². The first-order valence-corrected chi connectivity index (χ1v) is 3.44. The van der Waals surface area contributed by atoms with Gasteiger partial charge in [0.05, 0.1) is 5.75 Å². The molecule has 0 amide bonds. The van der Waals surface area contributed by atoms with Crippen LogP contribution < -0.4 is 0 Å². The highest BCUT2D eigenvalue weighted by Gasteiger charge is 2.67. The van der Waals surface area contributed by atoms with Gasteiger partial charge in [-0.25, -0.2) is 4.39 Å². The van der Waals surface area contributed by atoms with Crippen molar-refractivity contribution in [1.82, 2.24) is 0 Å². The molecule has 1 atom stereocenters. The van der Waals surface area contributed by atoms with Crippen LogP contribution in [0.15, 0.2) is 0 Å². The maximum absolute atomic E-state index is 12.0. The van der Waals surface area contributed by atoms with Gasteiger partial charge in [0.15, 0.2) is 0 Å². The van der Waals surface area contributed by atoms with Crippen molar-refractivity contribution in [2.24, 2.45) is 0 Å². The zero-order valence-electron chi connectivity index (χ0n) is 4.58. The largest absolute Gasteiger partial charge is 0.350 e. The fourth-order valence-electron chi connectivity index (χ4n) is 0.545. The van der Waals surface area contributed by atoms with Crippen LogP contribution in [-0.2, 0) is 0 Å². The fraction of sp³-hybridized carbons (Fsp3) is 1.00. The van der Waals surface area contributed by atoms with Gasteiger partial charge < -0.3 is 0 Å². The van der Waals surface area contributed by atoms with Gasteiger partial charge in [-0.2, -0.15) is 17.6 Å². The van der Waals surface area contributed by atoms with Crippen molar-refractivity contribution in [3.05, 3.63) is 0 Å². The number of alkyl halides is 5. The van der Waals surface area contributed by atoms with E-state index in [0.717, 1.165) is 0 Å². The summed E-state index contributed by atoms with van der Waals surface area (Å²) >= 11 is -0.0556. The third-order valence-corrected chi connectivity index (χ3v) is 2.30. The lowest BCUT2D eigenvalue weighted by atomic mass is 10.2. The maximum Gasteiger partial charge on any atom is 0.350 e. The minimum Gasteiger partial charge on any atom is -0.229 e. The Hall–Kier alpha value is -0.0000000000000000555. The predicted molar refractivity (Wildman–Crippen MR) is 27.2 cm³/mol.